The third-order valence-corrected chi connectivity index (χ3v) is 4.28. The lowest BCUT2D eigenvalue weighted by Crippen LogP contribution is -2.31. The molecule has 3 rings (SSSR count). The number of carbonyl (C=O) groups excluding carboxylic acids is 1. The molecular formula is C14H13N3OS. The Hall–Kier alpha value is -1.88. The summed E-state index contributed by atoms with van der Waals surface area (Å²) in [5.41, 5.74) is 1.56. The molecule has 1 unspecified atom stereocenters. The normalized spacial score (nSPS) is 18.5. The Bertz CT molecular complexity index is 561. The number of amides is 1. The van der Waals surface area contributed by atoms with Gasteiger partial charge in [-0.15, -0.1) is 11.8 Å². The first-order valence-corrected chi connectivity index (χ1v) is 7.14. The first kappa shape index (κ1) is 12.2. The van der Waals surface area contributed by atoms with Crippen molar-refractivity contribution in [2.45, 2.75) is 5.37 Å². The van der Waals surface area contributed by atoms with Crippen LogP contribution < -0.4 is 0 Å². The molecule has 1 atom stereocenters. The molecule has 1 aliphatic heterocycles. The van der Waals surface area contributed by atoms with Gasteiger partial charge in [-0.2, -0.15) is 0 Å². The highest BCUT2D eigenvalue weighted by atomic mass is 32.2. The molecule has 0 saturated carbocycles. The largest absolute Gasteiger partial charge is 0.320 e. The third-order valence-electron chi connectivity index (χ3n) is 3.02. The first-order chi connectivity index (χ1) is 9.36. The van der Waals surface area contributed by atoms with Gasteiger partial charge >= 0.3 is 0 Å². The van der Waals surface area contributed by atoms with Crippen LogP contribution in [0.25, 0.3) is 0 Å². The van der Waals surface area contributed by atoms with Gasteiger partial charge in [-0.1, -0.05) is 30.3 Å². The van der Waals surface area contributed by atoms with Crippen LogP contribution in [0.1, 0.15) is 21.4 Å². The third kappa shape index (κ3) is 2.46. The molecular weight excluding hydrogens is 258 g/mol. The summed E-state index contributed by atoms with van der Waals surface area (Å²) in [6.45, 7) is 0.750. The zero-order valence-corrected chi connectivity index (χ0v) is 11.1. The van der Waals surface area contributed by atoms with Crippen LogP contribution in [0, 0.1) is 0 Å². The molecule has 0 bridgehead atoms. The Morgan fingerprint density at radius 3 is 2.84 bits per heavy atom. The van der Waals surface area contributed by atoms with Crippen molar-refractivity contribution in [1.29, 1.82) is 0 Å². The SMILES string of the molecule is O=C(c1cnccn1)N1CCSC1c1ccccc1. The second kappa shape index (κ2) is 5.40. The topological polar surface area (TPSA) is 46.1 Å². The van der Waals surface area contributed by atoms with E-state index in [1.54, 1.807) is 24.2 Å². The van der Waals surface area contributed by atoms with Crippen molar-refractivity contribution in [2.75, 3.05) is 12.3 Å². The van der Waals surface area contributed by atoms with E-state index in [9.17, 15) is 4.79 Å². The molecule has 96 valence electrons. The quantitative estimate of drug-likeness (QED) is 0.841. The average Bonchev–Trinajstić information content (AvgIpc) is 2.98. The second-order valence-corrected chi connectivity index (χ2v) is 5.41. The number of aromatic nitrogens is 2. The summed E-state index contributed by atoms with van der Waals surface area (Å²) < 4.78 is 0. The van der Waals surface area contributed by atoms with Crippen LogP contribution in [0.2, 0.25) is 0 Å². The number of hydrogen-bond donors (Lipinski definition) is 0. The van der Waals surface area contributed by atoms with Gasteiger partial charge in [0.25, 0.3) is 5.91 Å². The van der Waals surface area contributed by atoms with Crippen LogP contribution in [-0.4, -0.2) is 33.1 Å². The van der Waals surface area contributed by atoms with Crippen LogP contribution in [0.5, 0.6) is 0 Å². The smallest absolute Gasteiger partial charge is 0.275 e. The van der Waals surface area contributed by atoms with E-state index >= 15 is 0 Å². The van der Waals surface area contributed by atoms with E-state index in [4.69, 9.17) is 0 Å². The molecule has 4 nitrogen and oxygen atoms in total. The molecule has 5 heteroatoms. The molecule has 0 N–H and O–H groups in total. The maximum atomic E-state index is 12.4. The predicted octanol–water partition coefficient (Wildman–Crippen LogP) is 2.36. The fourth-order valence-electron chi connectivity index (χ4n) is 2.13. The lowest BCUT2D eigenvalue weighted by Gasteiger charge is -2.23. The summed E-state index contributed by atoms with van der Waals surface area (Å²) in [6.07, 6.45) is 4.64. The number of thioether (sulfide) groups is 1. The predicted molar refractivity (Wildman–Crippen MR) is 74.7 cm³/mol. The first-order valence-electron chi connectivity index (χ1n) is 6.10. The Morgan fingerprint density at radius 1 is 1.26 bits per heavy atom. The minimum absolute atomic E-state index is 0.0491. The Balaban J connectivity index is 1.86. The highest BCUT2D eigenvalue weighted by Crippen LogP contribution is 2.38. The molecule has 2 heterocycles. The maximum absolute atomic E-state index is 12.4. The van der Waals surface area contributed by atoms with Gasteiger partial charge in [0.2, 0.25) is 0 Å². The average molecular weight is 271 g/mol. The number of rotatable bonds is 2. The van der Waals surface area contributed by atoms with Crippen LogP contribution >= 0.6 is 11.8 Å². The van der Waals surface area contributed by atoms with E-state index in [-0.39, 0.29) is 11.3 Å². The summed E-state index contributed by atoms with van der Waals surface area (Å²) in [6, 6.07) is 10.1. The van der Waals surface area contributed by atoms with Crippen LogP contribution in [0.15, 0.2) is 48.9 Å². The molecule has 2 aromatic rings. The van der Waals surface area contributed by atoms with Crippen LogP contribution in [-0.2, 0) is 0 Å². The van der Waals surface area contributed by atoms with Gasteiger partial charge < -0.3 is 4.90 Å². The van der Waals surface area contributed by atoms with Crippen molar-refractivity contribution >= 4 is 17.7 Å². The zero-order chi connectivity index (χ0) is 13.1. The molecule has 1 aromatic heterocycles. The fourth-order valence-corrected chi connectivity index (χ4v) is 3.38. The second-order valence-electron chi connectivity index (χ2n) is 4.22. The minimum atomic E-state index is -0.0491. The molecule has 19 heavy (non-hydrogen) atoms. The Morgan fingerprint density at radius 2 is 2.11 bits per heavy atom. The molecule has 0 aliphatic carbocycles. The highest BCUT2D eigenvalue weighted by molar-refractivity contribution is 7.99. The van der Waals surface area contributed by atoms with Gasteiger partial charge in [-0.25, -0.2) is 4.98 Å². The van der Waals surface area contributed by atoms with Gasteiger partial charge in [0.05, 0.1) is 6.20 Å². The van der Waals surface area contributed by atoms with Gasteiger partial charge in [0, 0.05) is 24.7 Å². The molecule has 0 radical (unpaired) electrons. The highest BCUT2D eigenvalue weighted by Gasteiger charge is 2.31. The van der Waals surface area contributed by atoms with Gasteiger partial charge in [0.15, 0.2) is 0 Å². The standard InChI is InChI=1S/C14H13N3OS/c18-13(12-10-15-6-7-16-12)17-8-9-19-14(17)11-4-2-1-3-5-11/h1-7,10,14H,8-9H2. The molecule has 0 spiro atoms. The minimum Gasteiger partial charge on any atom is -0.320 e. The fraction of sp³-hybridized carbons (Fsp3) is 0.214. The van der Waals surface area contributed by atoms with E-state index in [1.165, 1.54) is 6.20 Å². The molecule has 1 aliphatic rings. The number of benzene rings is 1. The summed E-state index contributed by atoms with van der Waals surface area (Å²) in [4.78, 5) is 22.4. The number of nitrogens with zero attached hydrogens (tertiary/aromatic N) is 3. The molecule has 1 fully saturated rings. The molecule has 1 aromatic carbocycles. The van der Waals surface area contributed by atoms with Gasteiger partial charge in [-0.3, -0.25) is 9.78 Å². The van der Waals surface area contributed by atoms with Crippen LogP contribution in [0.4, 0.5) is 0 Å². The van der Waals surface area contributed by atoms with E-state index in [0.717, 1.165) is 17.9 Å². The number of carbonyl (C=O) groups is 1. The van der Waals surface area contributed by atoms with Crippen molar-refractivity contribution in [3.05, 3.63) is 60.2 Å². The van der Waals surface area contributed by atoms with Gasteiger partial charge in [-0.05, 0) is 5.56 Å². The maximum Gasteiger partial charge on any atom is 0.275 e. The van der Waals surface area contributed by atoms with Crippen molar-refractivity contribution in [1.82, 2.24) is 14.9 Å². The summed E-state index contributed by atoms with van der Waals surface area (Å²) in [5, 5.41) is 0.0794. The van der Waals surface area contributed by atoms with Crippen molar-refractivity contribution in [3.8, 4) is 0 Å². The van der Waals surface area contributed by atoms with E-state index in [2.05, 4.69) is 22.1 Å². The lowest BCUT2D eigenvalue weighted by atomic mass is 10.2. The molecule has 1 amide bonds. The van der Waals surface area contributed by atoms with E-state index in [1.807, 2.05) is 23.1 Å². The summed E-state index contributed by atoms with van der Waals surface area (Å²) in [5.74, 6) is 0.901. The van der Waals surface area contributed by atoms with Gasteiger partial charge in [0.1, 0.15) is 11.1 Å². The summed E-state index contributed by atoms with van der Waals surface area (Å²) in [7, 11) is 0. The monoisotopic (exact) mass is 271 g/mol. The Labute approximate surface area is 115 Å². The number of hydrogen-bond acceptors (Lipinski definition) is 4. The van der Waals surface area contributed by atoms with Crippen molar-refractivity contribution in [2.24, 2.45) is 0 Å². The lowest BCUT2D eigenvalue weighted by molar-refractivity contribution is 0.0754. The molecule has 1 saturated heterocycles. The van der Waals surface area contributed by atoms with E-state index < -0.39 is 0 Å². The van der Waals surface area contributed by atoms with Crippen LogP contribution in [0.3, 0.4) is 0 Å². The Kier molecular flexibility index (Phi) is 3.46. The van der Waals surface area contributed by atoms with Crippen molar-refractivity contribution in [3.63, 3.8) is 0 Å². The van der Waals surface area contributed by atoms with Crippen molar-refractivity contribution < 1.29 is 4.79 Å². The zero-order valence-electron chi connectivity index (χ0n) is 10.3. The summed E-state index contributed by atoms with van der Waals surface area (Å²) >= 11 is 1.78. The van der Waals surface area contributed by atoms with E-state index in [0.29, 0.717) is 5.69 Å².